The number of nitrogens with two attached hydrogens (primary N) is 1. The maximum absolute atomic E-state index is 12.4. The quantitative estimate of drug-likeness (QED) is 0.296. The van der Waals surface area contributed by atoms with Crippen molar-refractivity contribution in [1.29, 1.82) is 0 Å². The van der Waals surface area contributed by atoms with Crippen LogP contribution in [-0.2, 0) is 11.2 Å². The number of benzene rings is 2. The van der Waals surface area contributed by atoms with Crippen molar-refractivity contribution in [2.75, 3.05) is 0 Å². The van der Waals surface area contributed by atoms with Crippen LogP contribution in [0.1, 0.15) is 16.8 Å². The molecule has 9 heteroatoms. The number of nitrogens with one attached hydrogen (secondary N) is 2. The van der Waals surface area contributed by atoms with Crippen LogP contribution in [0.2, 0.25) is 0 Å². The van der Waals surface area contributed by atoms with Crippen molar-refractivity contribution in [3.8, 4) is 11.5 Å². The largest absolute Gasteiger partial charge is 0.508 e. The molecule has 4 aromatic rings. The highest BCUT2D eigenvalue weighted by atomic mass is 16.5. The number of hydrogen-bond donors (Lipinski definition) is 4. The molecular weight excluding hydrogens is 448 g/mol. The fraction of sp³-hybridized carbons (Fsp3) is 0.0769. The fourth-order valence-corrected chi connectivity index (χ4v) is 3.26. The Labute approximate surface area is 198 Å². The molecule has 0 aliphatic carbocycles. The van der Waals surface area contributed by atoms with E-state index in [1.54, 1.807) is 18.2 Å². The number of ether oxygens (including phenoxy) is 1. The summed E-state index contributed by atoms with van der Waals surface area (Å²) < 4.78 is 5.27. The van der Waals surface area contributed by atoms with E-state index in [-0.39, 0.29) is 28.6 Å². The highest BCUT2D eigenvalue weighted by Crippen LogP contribution is 2.13. The molecule has 0 amide bonds. The van der Waals surface area contributed by atoms with E-state index in [1.807, 2.05) is 30.3 Å². The van der Waals surface area contributed by atoms with E-state index in [0.29, 0.717) is 5.69 Å². The molecular formula is C26H22N4O5. The van der Waals surface area contributed by atoms with Crippen LogP contribution in [-0.4, -0.2) is 32.1 Å². The Balaban J connectivity index is 1.47. The summed E-state index contributed by atoms with van der Waals surface area (Å²) in [5.74, 6) is -0.327. The van der Waals surface area contributed by atoms with Crippen molar-refractivity contribution in [2.45, 2.75) is 12.5 Å². The van der Waals surface area contributed by atoms with Gasteiger partial charge in [-0.2, -0.15) is 0 Å². The smallest absolute Gasteiger partial charge is 0.328 e. The molecule has 0 radical (unpaired) electrons. The van der Waals surface area contributed by atoms with Gasteiger partial charge in [-0.05, 0) is 54.0 Å². The molecule has 2 heterocycles. The minimum Gasteiger partial charge on any atom is -0.508 e. The molecule has 4 rings (SSSR count). The average molecular weight is 470 g/mol. The number of esters is 1. The fourth-order valence-electron chi connectivity index (χ4n) is 3.26. The lowest BCUT2D eigenvalue weighted by atomic mass is 10.1. The number of hydrogen-bond acceptors (Lipinski definition) is 7. The predicted molar refractivity (Wildman–Crippen MR) is 130 cm³/mol. The first-order chi connectivity index (χ1) is 16.9. The van der Waals surface area contributed by atoms with Gasteiger partial charge >= 0.3 is 5.97 Å². The van der Waals surface area contributed by atoms with Gasteiger partial charge in [0, 0.05) is 0 Å². The van der Waals surface area contributed by atoms with E-state index >= 15 is 0 Å². The Hall–Kier alpha value is -4.76. The first-order valence-corrected chi connectivity index (χ1v) is 10.7. The number of H-pyrrole nitrogens is 2. The Morgan fingerprint density at radius 1 is 0.943 bits per heavy atom. The first-order valence-electron chi connectivity index (χ1n) is 10.7. The number of carbonyl (C=O) groups is 1. The normalized spacial score (nSPS) is 12.9. The second-order valence-corrected chi connectivity index (χ2v) is 7.75. The van der Waals surface area contributed by atoms with Crippen molar-refractivity contribution >= 4 is 18.1 Å². The summed E-state index contributed by atoms with van der Waals surface area (Å²) in [6.07, 6.45) is 4.56. The molecule has 0 aliphatic heterocycles. The van der Waals surface area contributed by atoms with E-state index in [4.69, 9.17) is 10.5 Å². The Kier molecular flexibility index (Phi) is 6.99. The molecule has 0 bridgehead atoms. The van der Waals surface area contributed by atoms with E-state index < -0.39 is 23.1 Å². The van der Waals surface area contributed by atoms with Crippen molar-refractivity contribution in [3.05, 3.63) is 121 Å². The number of pyridine rings is 1. The minimum atomic E-state index is -0.902. The first kappa shape index (κ1) is 23.4. The van der Waals surface area contributed by atoms with Crippen LogP contribution in [0, 0.1) is 0 Å². The van der Waals surface area contributed by atoms with Crippen molar-refractivity contribution in [1.82, 2.24) is 15.0 Å². The maximum atomic E-state index is 12.4. The topological polar surface area (TPSA) is 151 Å². The van der Waals surface area contributed by atoms with Gasteiger partial charge in [0.15, 0.2) is 0 Å². The summed E-state index contributed by atoms with van der Waals surface area (Å²) in [4.78, 5) is 46.4. The number of aromatic amines is 2. The lowest BCUT2D eigenvalue weighted by Gasteiger charge is -2.11. The molecule has 0 saturated heterocycles. The van der Waals surface area contributed by atoms with Gasteiger partial charge in [0.25, 0.3) is 11.1 Å². The van der Waals surface area contributed by atoms with Gasteiger partial charge < -0.3 is 25.5 Å². The second-order valence-electron chi connectivity index (χ2n) is 7.75. The zero-order valence-electron chi connectivity index (χ0n) is 18.5. The second kappa shape index (κ2) is 10.4. The van der Waals surface area contributed by atoms with Gasteiger partial charge in [0.1, 0.15) is 28.2 Å². The summed E-state index contributed by atoms with van der Waals surface area (Å²) >= 11 is 0. The van der Waals surface area contributed by atoms with Crippen LogP contribution in [0.25, 0.3) is 12.2 Å². The molecule has 176 valence electrons. The van der Waals surface area contributed by atoms with E-state index in [1.165, 1.54) is 36.5 Å². The Morgan fingerprint density at radius 2 is 1.60 bits per heavy atom. The highest BCUT2D eigenvalue weighted by molar-refractivity contribution is 5.78. The zero-order valence-corrected chi connectivity index (χ0v) is 18.5. The van der Waals surface area contributed by atoms with Gasteiger partial charge in [-0.15, -0.1) is 0 Å². The Bertz CT molecular complexity index is 1560. The standard InChI is InChI=1S/C26H22N4O5/c27-21(12-17-6-9-19(31)10-7-17)26(34)35-20-11-8-18(28-15-20)14-23-25(33)29-22(24(32)30-23)13-16-4-2-1-3-5-16/h1-11,13-15,21,31H,12,27H2,(H,29,33)(H,30,32). The minimum absolute atomic E-state index is 0.0355. The third kappa shape index (κ3) is 6.18. The molecule has 35 heavy (non-hydrogen) atoms. The maximum Gasteiger partial charge on any atom is 0.328 e. The lowest BCUT2D eigenvalue weighted by molar-refractivity contribution is -0.135. The highest BCUT2D eigenvalue weighted by Gasteiger charge is 2.17. The lowest BCUT2D eigenvalue weighted by Crippen LogP contribution is -2.46. The summed E-state index contributed by atoms with van der Waals surface area (Å²) in [7, 11) is 0. The summed E-state index contributed by atoms with van der Waals surface area (Å²) in [6.45, 7) is 0. The number of rotatable bonds is 6. The van der Waals surface area contributed by atoms with Crippen LogP contribution in [0.3, 0.4) is 0 Å². The van der Waals surface area contributed by atoms with Crippen LogP contribution in [0.15, 0.2) is 82.5 Å². The third-order valence-electron chi connectivity index (χ3n) is 5.06. The molecule has 0 fully saturated rings. The van der Waals surface area contributed by atoms with E-state index in [0.717, 1.165) is 11.1 Å². The monoisotopic (exact) mass is 470 g/mol. The number of phenolic OH excluding ortho intramolecular Hbond substituents is 1. The van der Waals surface area contributed by atoms with Crippen LogP contribution >= 0.6 is 0 Å². The van der Waals surface area contributed by atoms with Gasteiger partial charge in [-0.3, -0.25) is 14.6 Å². The summed E-state index contributed by atoms with van der Waals surface area (Å²) in [5.41, 5.74) is 6.92. The molecule has 2 aromatic heterocycles. The van der Waals surface area contributed by atoms with Gasteiger partial charge in [0.05, 0.1) is 11.9 Å². The Morgan fingerprint density at radius 3 is 2.23 bits per heavy atom. The van der Waals surface area contributed by atoms with Crippen molar-refractivity contribution in [2.24, 2.45) is 5.73 Å². The molecule has 0 spiro atoms. The molecule has 5 N–H and O–H groups in total. The van der Waals surface area contributed by atoms with Gasteiger partial charge in [-0.1, -0.05) is 42.5 Å². The summed E-state index contributed by atoms with van der Waals surface area (Å²) in [5, 5.41) is 9.51. The molecule has 0 saturated carbocycles. The third-order valence-corrected chi connectivity index (χ3v) is 5.06. The van der Waals surface area contributed by atoms with Crippen molar-refractivity contribution < 1.29 is 14.6 Å². The van der Waals surface area contributed by atoms with Gasteiger partial charge in [-0.25, -0.2) is 4.79 Å². The molecule has 1 unspecified atom stereocenters. The number of aromatic nitrogens is 3. The number of nitrogens with zero attached hydrogens (tertiary/aromatic N) is 1. The number of aromatic hydroxyl groups is 1. The SMILES string of the molecule is NC(Cc1ccc(O)cc1)C(=O)Oc1ccc(C=c2[nH]c(=O)c(=Cc3ccccc3)[nH]c2=O)nc1. The number of phenols is 1. The van der Waals surface area contributed by atoms with Crippen LogP contribution in [0.5, 0.6) is 11.5 Å². The average Bonchev–Trinajstić information content (AvgIpc) is 2.85. The molecule has 1 atom stereocenters. The van der Waals surface area contributed by atoms with Crippen LogP contribution in [0.4, 0.5) is 0 Å². The predicted octanol–water partition coefficient (Wildman–Crippen LogP) is 0.297. The van der Waals surface area contributed by atoms with E-state index in [9.17, 15) is 19.5 Å². The van der Waals surface area contributed by atoms with Crippen LogP contribution < -0.4 is 32.3 Å². The zero-order chi connectivity index (χ0) is 24.8. The molecule has 9 nitrogen and oxygen atoms in total. The van der Waals surface area contributed by atoms with Gasteiger partial charge in [0.2, 0.25) is 0 Å². The van der Waals surface area contributed by atoms with E-state index in [2.05, 4.69) is 15.0 Å². The summed E-state index contributed by atoms with van der Waals surface area (Å²) in [6, 6.07) is 17.7. The van der Waals surface area contributed by atoms with Crippen molar-refractivity contribution in [3.63, 3.8) is 0 Å². The molecule has 0 aliphatic rings. The number of carbonyl (C=O) groups excluding carboxylic acids is 1. The molecule has 2 aromatic carbocycles.